The first-order valence-corrected chi connectivity index (χ1v) is 7.44. The summed E-state index contributed by atoms with van der Waals surface area (Å²) in [5, 5.41) is 4.90. The van der Waals surface area contributed by atoms with Gasteiger partial charge in [0.25, 0.3) is 5.91 Å². The van der Waals surface area contributed by atoms with Gasteiger partial charge in [-0.05, 0) is 19.1 Å². The molecule has 3 aromatic rings. The number of carbonyl (C=O) groups is 1. The minimum absolute atomic E-state index is 0.204. The van der Waals surface area contributed by atoms with Crippen molar-refractivity contribution in [3.8, 4) is 0 Å². The summed E-state index contributed by atoms with van der Waals surface area (Å²) in [6, 6.07) is 7.96. The monoisotopic (exact) mass is 301 g/mol. The van der Waals surface area contributed by atoms with Crippen LogP contribution in [0.15, 0.2) is 29.6 Å². The van der Waals surface area contributed by atoms with E-state index in [0.29, 0.717) is 23.9 Å². The quantitative estimate of drug-likeness (QED) is 0.769. The van der Waals surface area contributed by atoms with Crippen LogP contribution < -0.4 is 11.1 Å². The van der Waals surface area contributed by atoms with Gasteiger partial charge < -0.3 is 15.6 Å². The van der Waals surface area contributed by atoms with Crippen molar-refractivity contribution in [2.75, 3.05) is 12.3 Å². The number of nitrogens with zero attached hydrogens (tertiary/aromatic N) is 3. The third kappa shape index (κ3) is 2.73. The maximum Gasteiger partial charge on any atom is 0.270 e. The third-order valence-electron chi connectivity index (χ3n) is 3.22. The molecular formula is C14H15N5OS. The minimum atomic E-state index is -0.204. The molecule has 6 nitrogen and oxygen atoms in total. The molecule has 0 spiro atoms. The SMILES string of the molecule is Cc1nc2ccccc2n1CCNC(=O)c1csc(N)n1. The van der Waals surface area contributed by atoms with Gasteiger partial charge in [-0.1, -0.05) is 12.1 Å². The predicted molar refractivity (Wildman–Crippen MR) is 83.3 cm³/mol. The summed E-state index contributed by atoms with van der Waals surface area (Å²) in [5.41, 5.74) is 7.92. The van der Waals surface area contributed by atoms with Crippen LogP contribution in [0.5, 0.6) is 0 Å². The zero-order valence-electron chi connectivity index (χ0n) is 11.5. The van der Waals surface area contributed by atoms with Crippen molar-refractivity contribution in [1.29, 1.82) is 0 Å². The number of benzene rings is 1. The lowest BCUT2D eigenvalue weighted by Crippen LogP contribution is -2.27. The van der Waals surface area contributed by atoms with Gasteiger partial charge >= 0.3 is 0 Å². The second-order valence-electron chi connectivity index (χ2n) is 4.63. The summed E-state index contributed by atoms with van der Waals surface area (Å²) < 4.78 is 2.09. The molecule has 1 aromatic carbocycles. The number of nitrogens with two attached hydrogens (primary N) is 1. The Morgan fingerprint density at radius 3 is 2.95 bits per heavy atom. The summed E-state index contributed by atoms with van der Waals surface area (Å²) in [4.78, 5) is 20.3. The first kappa shape index (κ1) is 13.6. The van der Waals surface area contributed by atoms with Crippen LogP contribution in [-0.4, -0.2) is 27.0 Å². The Morgan fingerprint density at radius 1 is 1.38 bits per heavy atom. The molecule has 0 atom stereocenters. The van der Waals surface area contributed by atoms with Crippen molar-refractivity contribution in [2.45, 2.75) is 13.5 Å². The number of thiazole rings is 1. The van der Waals surface area contributed by atoms with Crippen molar-refractivity contribution >= 4 is 33.4 Å². The standard InChI is InChI=1S/C14H15N5OS/c1-9-17-10-4-2-3-5-12(10)19(9)7-6-16-13(20)11-8-21-14(15)18-11/h2-5,8H,6-7H2,1H3,(H2,15,18)(H,16,20). The van der Waals surface area contributed by atoms with E-state index >= 15 is 0 Å². The molecule has 1 amide bonds. The van der Waals surface area contributed by atoms with Gasteiger partial charge in [-0.15, -0.1) is 11.3 Å². The zero-order chi connectivity index (χ0) is 14.8. The fourth-order valence-electron chi connectivity index (χ4n) is 2.24. The van der Waals surface area contributed by atoms with Crippen molar-refractivity contribution in [1.82, 2.24) is 19.9 Å². The van der Waals surface area contributed by atoms with E-state index in [0.717, 1.165) is 16.9 Å². The molecule has 2 aromatic heterocycles. The normalized spacial score (nSPS) is 10.9. The molecule has 0 fully saturated rings. The van der Waals surface area contributed by atoms with Crippen molar-refractivity contribution in [3.63, 3.8) is 0 Å². The molecule has 3 N–H and O–H groups in total. The number of amides is 1. The van der Waals surface area contributed by atoms with Crippen LogP contribution in [0.25, 0.3) is 11.0 Å². The van der Waals surface area contributed by atoms with Gasteiger partial charge in [0.15, 0.2) is 5.13 Å². The van der Waals surface area contributed by atoms with Crippen LogP contribution in [0.1, 0.15) is 16.3 Å². The van der Waals surface area contributed by atoms with E-state index in [9.17, 15) is 4.79 Å². The molecule has 0 radical (unpaired) electrons. The molecule has 3 rings (SSSR count). The predicted octanol–water partition coefficient (Wildman–Crippen LogP) is 1.81. The van der Waals surface area contributed by atoms with E-state index in [1.807, 2.05) is 31.2 Å². The molecular weight excluding hydrogens is 286 g/mol. The molecule has 0 unspecified atom stereocenters. The van der Waals surface area contributed by atoms with E-state index in [1.165, 1.54) is 11.3 Å². The fraction of sp³-hybridized carbons (Fsp3) is 0.214. The number of aryl methyl sites for hydroxylation is 1. The number of anilines is 1. The minimum Gasteiger partial charge on any atom is -0.375 e. The summed E-state index contributed by atoms with van der Waals surface area (Å²) in [6.07, 6.45) is 0. The highest BCUT2D eigenvalue weighted by molar-refractivity contribution is 7.13. The van der Waals surface area contributed by atoms with Crippen LogP contribution in [0.4, 0.5) is 5.13 Å². The number of rotatable bonds is 4. The van der Waals surface area contributed by atoms with Gasteiger partial charge in [0.1, 0.15) is 11.5 Å². The Kier molecular flexibility index (Phi) is 3.57. The first-order chi connectivity index (χ1) is 10.1. The number of imidazole rings is 1. The summed E-state index contributed by atoms with van der Waals surface area (Å²) in [6.45, 7) is 3.14. The molecule has 0 saturated heterocycles. The number of nitrogens with one attached hydrogen (secondary N) is 1. The number of carbonyl (C=O) groups excluding carboxylic acids is 1. The fourth-order valence-corrected chi connectivity index (χ4v) is 2.79. The molecule has 0 aliphatic heterocycles. The van der Waals surface area contributed by atoms with E-state index in [2.05, 4.69) is 19.9 Å². The molecule has 21 heavy (non-hydrogen) atoms. The summed E-state index contributed by atoms with van der Waals surface area (Å²) in [5.74, 6) is 0.730. The summed E-state index contributed by atoms with van der Waals surface area (Å²) in [7, 11) is 0. The van der Waals surface area contributed by atoms with Gasteiger partial charge in [0, 0.05) is 18.5 Å². The van der Waals surface area contributed by atoms with E-state index < -0.39 is 0 Å². The maximum absolute atomic E-state index is 11.9. The highest BCUT2D eigenvalue weighted by Crippen LogP contribution is 2.15. The molecule has 0 bridgehead atoms. The topological polar surface area (TPSA) is 85.8 Å². The largest absolute Gasteiger partial charge is 0.375 e. The lowest BCUT2D eigenvalue weighted by Gasteiger charge is -2.07. The highest BCUT2D eigenvalue weighted by Gasteiger charge is 2.10. The molecule has 0 aliphatic carbocycles. The molecule has 108 valence electrons. The Balaban J connectivity index is 1.67. The van der Waals surface area contributed by atoms with Crippen LogP contribution in [0.3, 0.4) is 0 Å². The lowest BCUT2D eigenvalue weighted by atomic mass is 10.3. The Labute approximate surface area is 125 Å². The van der Waals surface area contributed by atoms with Crippen LogP contribution in [0.2, 0.25) is 0 Å². The second-order valence-corrected chi connectivity index (χ2v) is 5.52. The number of aromatic nitrogens is 3. The zero-order valence-corrected chi connectivity index (χ0v) is 12.4. The molecule has 0 saturated carbocycles. The summed E-state index contributed by atoms with van der Waals surface area (Å²) >= 11 is 1.26. The average molecular weight is 301 g/mol. The van der Waals surface area contributed by atoms with Gasteiger partial charge in [0.05, 0.1) is 11.0 Å². The molecule has 7 heteroatoms. The average Bonchev–Trinajstić information content (AvgIpc) is 3.03. The number of hydrogen-bond acceptors (Lipinski definition) is 5. The molecule has 2 heterocycles. The number of hydrogen-bond donors (Lipinski definition) is 2. The number of fused-ring (bicyclic) bond motifs is 1. The van der Waals surface area contributed by atoms with E-state index in [1.54, 1.807) is 5.38 Å². The van der Waals surface area contributed by atoms with Crippen LogP contribution in [0, 0.1) is 6.92 Å². The van der Waals surface area contributed by atoms with Gasteiger partial charge in [-0.25, -0.2) is 9.97 Å². The maximum atomic E-state index is 11.9. The van der Waals surface area contributed by atoms with E-state index in [4.69, 9.17) is 5.73 Å². The van der Waals surface area contributed by atoms with E-state index in [-0.39, 0.29) is 5.91 Å². The number of nitrogen functional groups attached to an aromatic ring is 1. The highest BCUT2D eigenvalue weighted by atomic mass is 32.1. The number of para-hydroxylation sites is 2. The Bertz CT molecular complexity index is 792. The Hall–Kier alpha value is -2.41. The molecule has 0 aliphatic rings. The van der Waals surface area contributed by atoms with Crippen molar-refractivity contribution in [3.05, 3.63) is 41.2 Å². The third-order valence-corrected chi connectivity index (χ3v) is 3.89. The van der Waals surface area contributed by atoms with Crippen molar-refractivity contribution < 1.29 is 4.79 Å². The van der Waals surface area contributed by atoms with Gasteiger partial charge in [0.2, 0.25) is 0 Å². The smallest absolute Gasteiger partial charge is 0.270 e. The lowest BCUT2D eigenvalue weighted by molar-refractivity contribution is 0.0948. The van der Waals surface area contributed by atoms with Crippen LogP contribution >= 0.6 is 11.3 Å². The van der Waals surface area contributed by atoms with Gasteiger partial charge in [-0.3, -0.25) is 4.79 Å². The van der Waals surface area contributed by atoms with Crippen molar-refractivity contribution in [2.24, 2.45) is 0 Å². The second kappa shape index (κ2) is 5.53. The first-order valence-electron chi connectivity index (χ1n) is 6.56. The van der Waals surface area contributed by atoms with Crippen LogP contribution in [-0.2, 0) is 6.54 Å². The van der Waals surface area contributed by atoms with Gasteiger partial charge in [-0.2, -0.15) is 0 Å². The Morgan fingerprint density at radius 2 is 2.19 bits per heavy atom.